The summed E-state index contributed by atoms with van der Waals surface area (Å²) in [6.45, 7) is 0.537. The van der Waals surface area contributed by atoms with Gasteiger partial charge in [0.05, 0.1) is 23.8 Å². The Hall–Kier alpha value is -4.30. The van der Waals surface area contributed by atoms with Crippen molar-refractivity contribution in [3.63, 3.8) is 0 Å². The van der Waals surface area contributed by atoms with Crippen molar-refractivity contribution in [2.75, 3.05) is 18.5 Å². The Balaban J connectivity index is 1.81. The minimum absolute atomic E-state index is 0.0511. The lowest BCUT2D eigenvalue weighted by molar-refractivity contribution is 0.100. The molecule has 5 rings (SSSR count). The second kappa shape index (κ2) is 9.05. The number of ether oxygens (including phenoxy) is 1. The maximum Gasteiger partial charge on any atom is 0.267 e. The van der Waals surface area contributed by atoms with Crippen LogP contribution in [-0.4, -0.2) is 33.0 Å². The van der Waals surface area contributed by atoms with Gasteiger partial charge in [0.25, 0.3) is 10.0 Å². The van der Waals surface area contributed by atoms with Crippen LogP contribution in [-0.2, 0) is 16.6 Å². The third-order valence-electron chi connectivity index (χ3n) is 6.39. The van der Waals surface area contributed by atoms with E-state index >= 15 is 0 Å². The standard InChI is InChI=1S/C28H25N3O4S/c1-30(36(33,34)25-17-7-6-16-24(25)35-2)21-13-9-15-23-27(21)26-20(28(29)32)12-8-14-22(26)31(23)18-19-10-4-3-5-11-19/h3-17H,18H2,1-2H3,(H2,29,32). The summed E-state index contributed by atoms with van der Waals surface area (Å²) in [7, 11) is -1.06. The highest BCUT2D eigenvalue weighted by Gasteiger charge is 2.28. The van der Waals surface area contributed by atoms with E-state index in [9.17, 15) is 13.2 Å². The molecule has 0 atom stereocenters. The van der Waals surface area contributed by atoms with Crippen molar-refractivity contribution in [3.05, 3.63) is 102 Å². The van der Waals surface area contributed by atoms with Crippen LogP contribution in [0.1, 0.15) is 15.9 Å². The highest BCUT2D eigenvalue weighted by molar-refractivity contribution is 7.93. The molecular weight excluding hydrogens is 474 g/mol. The third-order valence-corrected chi connectivity index (χ3v) is 8.20. The molecule has 1 heterocycles. The number of nitrogens with zero attached hydrogens (tertiary/aromatic N) is 2. The van der Waals surface area contributed by atoms with E-state index in [1.807, 2.05) is 48.5 Å². The van der Waals surface area contributed by atoms with Gasteiger partial charge >= 0.3 is 0 Å². The first kappa shape index (κ1) is 23.4. The van der Waals surface area contributed by atoms with Crippen molar-refractivity contribution in [3.8, 4) is 5.75 Å². The number of primary amides is 1. The van der Waals surface area contributed by atoms with Gasteiger partial charge < -0.3 is 15.0 Å². The fourth-order valence-electron chi connectivity index (χ4n) is 4.68. The average Bonchev–Trinajstić information content (AvgIpc) is 3.22. The number of carbonyl (C=O) groups excluding carboxylic acids is 1. The Bertz CT molecular complexity index is 1710. The lowest BCUT2D eigenvalue weighted by Gasteiger charge is -2.22. The summed E-state index contributed by atoms with van der Waals surface area (Å²) in [5, 5.41) is 1.26. The predicted octanol–water partition coefficient (Wildman–Crippen LogP) is 4.78. The van der Waals surface area contributed by atoms with Crippen molar-refractivity contribution >= 4 is 43.4 Å². The van der Waals surface area contributed by atoms with E-state index < -0.39 is 15.9 Å². The van der Waals surface area contributed by atoms with E-state index in [0.717, 1.165) is 16.6 Å². The van der Waals surface area contributed by atoms with Crippen LogP contribution in [0.3, 0.4) is 0 Å². The van der Waals surface area contributed by atoms with Gasteiger partial charge in [-0.1, -0.05) is 54.6 Å². The lowest BCUT2D eigenvalue weighted by atomic mass is 10.0. The minimum Gasteiger partial charge on any atom is -0.495 e. The third kappa shape index (κ3) is 3.76. The first-order chi connectivity index (χ1) is 17.3. The van der Waals surface area contributed by atoms with Crippen molar-refractivity contribution in [1.82, 2.24) is 4.57 Å². The largest absolute Gasteiger partial charge is 0.495 e. The van der Waals surface area contributed by atoms with E-state index in [0.29, 0.717) is 28.6 Å². The molecule has 0 aliphatic rings. The molecule has 0 aliphatic carbocycles. The van der Waals surface area contributed by atoms with Gasteiger partial charge in [-0.15, -0.1) is 0 Å². The fraction of sp³-hybridized carbons (Fsp3) is 0.107. The summed E-state index contributed by atoms with van der Waals surface area (Å²) in [5.74, 6) is -0.328. The second-order valence-electron chi connectivity index (χ2n) is 8.43. The van der Waals surface area contributed by atoms with Gasteiger partial charge in [0, 0.05) is 29.9 Å². The molecule has 1 amide bonds. The highest BCUT2D eigenvalue weighted by atomic mass is 32.2. The minimum atomic E-state index is -3.99. The second-order valence-corrected chi connectivity index (χ2v) is 10.4. The number of anilines is 1. The van der Waals surface area contributed by atoms with E-state index in [1.165, 1.54) is 24.5 Å². The summed E-state index contributed by atoms with van der Waals surface area (Å²) < 4.78 is 36.2. The van der Waals surface area contributed by atoms with Gasteiger partial charge in [0.15, 0.2) is 0 Å². The molecule has 0 fully saturated rings. The van der Waals surface area contributed by atoms with E-state index in [4.69, 9.17) is 10.5 Å². The molecule has 8 heteroatoms. The number of benzene rings is 4. The zero-order valence-electron chi connectivity index (χ0n) is 19.9. The molecule has 0 saturated heterocycles. The molecule has 5 aromatic rings. The quantitative estimate of drug-likeness (QED) is 0.349. The number of nitrogens with two attached hydrogens (primary N) is 1. The Morgan fingerprint density at radius 2 is 1.50 bits per heavy atom. The molecule has 4 aromatic carbocycles. The molecule has 7 nitrogen and oxygen atoms in total. The molecular formula is C28H25N3O4S. The Morgan fingerprint density at radius 1 is 0.861 bits per heavy atom. The molecule has 182 valence electrons. The fourth-order valence-corrected chi connectivity index (χ4v) is 6.04. The maximum atomic E-state index is 13.8. The Morgan fingerprint density at radius 3 is 2.19 bits per heavy atom. The average molecular weight is 500 g/mol. The first-order valence-corrected chi connectivity index (χ1v) is 12.8. The van der Waals surface area contributed by atoms with Crippen molar-refractivity contribution in [2.45, 2.75) is 11.4 Å². The number of amides is 1. The molecule has 36 heavy (non-hydrogen) atoms. The zero-order chi connectivity index (χ0) is 25.4. The summed E-state index contributed by atoms with van der Waals surface area (Å²) in [5.41, 5.74) is 9.20. The van der Waals surface area contributed by atoms with Crippen LogP contribution in [0.4, 0.5) is 5.69 Å². The van der Waals surface area contributed by atoms with Gasteiger partial charge in [0.1, 0.15) is 10.6 Å². The normalized spacial score (nSPS) is 11.6. The molecule has 0 spiro atoms. The summed E-state index contributed by atoms with van der Waals surface area (Å²) >= 11 is 0. The smallest absolute Gasteiger partial charge is 0.267 e. The Labute approximate surface area is 209 Å². The Kier molecular flexibility index (Phi) is 5.89. The number of hydrogen-bond donors (Lipinski definition) is 1. The zero-order valence-corrected chi connectivity index (χ0v) is 20.7. The number of carbonyl (C=O) groups is 1. The van der Waals surface area contributed by atoms with Crippen LogP contribution >= 0.6 is 0 Å². The number of rotatable bonds is 7. The van der Waals surface area contributed by atoms with Crippen LogP contribution in [0.5, 0.6) is 5.75 Å². The van der Waals surface area contributed by atoms with Crippen LogP contribution < -0.4 is 14.8 Å². The van der Waals surface area contributed by atoms with Gasteiger partial charge in [-0.05, 0) is 42.0 Å². The van der Waals surface area contributed by atoms with E-state index in [2.05, 4.69) is 4.57 Å². The van der Waals surface area contributed by atoms with Crippen LogP contribution in [0.2, 0.25) is 0 Å². The van der Waals surface area contributed by atoms with Gasteiger partial charge in [0.2, 0.25) is 5.91 Å². The van der Waals surface area contributed by atoms with Crippen LogP contribution in [0, 0.1) is 0 Å². The van der Waals surface area contributed by atoms with E-state index in [1.54, 1.807) is 36.4 Å². The summed E-state index contributed by atoms with van der Waals surface area (Å²) in [6.07, 6.45) is 0. The summed E-state index contributed by atoms with van der Waals surface area (Å²) in [4.78, 5) is 12.5. The number of aromatic nitrogens is 1. The molecule has 0 aliphatic heterocycles. The van der Waals surface area contributed by atoms with Crippen molar-refractivity contribution in [2.24, 2.45) is 5.73 Å². The predicted molar refractivity (Wildman–Crippen MR) is 142 cm³/mol. The van der Waals surface area contributed by atoms with Crippen molar-refractivity contribution in [1.29, 1.82) is 0 Å². The first-order valence-electron chi connectivity index (χ1n) is 11.3. The SMILES string of the molecule is COc1ccccc1S(=O)(=O)N(C)c1cccc2c1c1c(C(N)=O)cccc1n2Cc1ccccc1. The molecule has 1 aromatic heterocycles. The van der Waals surface area contributed by atoms with Gasteiger partial charge in [-0.2, -0.15) is 0 Å². The number of sulfonamides is 1. The van der Waals surface area contributed by atoms with Crippen LogP contribution in [0.15, 0.2) is 95.9 Å². The number of fused-ring (bicyclic) bond motifs is 3. The molecule has 0 bridgehead atoms. The van der Waals surface area contributed by atoms with Gasteiger partial charge in [-0.3, -0.25) is 9.10 Å². The van der Waals surface area contributed by atoms with E-state index in [-0.39, 0.29) is 10.6 Å². The van der Waals surface area contributed by atoms with Crippen molar-refractivity contribution < 1.29 is 17.9 Å². The number of hydrogen-bond acceptors (Lipinski definition) is 4. The molecule has 0 radical (unpaired) electrons. The monoisotopic (exact) mass is 499 g/mol. The van der Waals surface area contributed by atoms with Gasteiger partial charge in [-0.25, -0.2) is 8.42 Å². The summed E-state index contributed by atoms with van der Waals surface area (Å²) in [6, 6.07) is 27.3. The number of methoxy groups -OCH3 is 1. The maximum absolute atomic E-state index is 13.8. The lowest BCUT2D eigenvalue weighted by Crippen LogP contribution is -2.27. The molecule has 0 saturated carbocycles. The topological polar surface area (TPSA) is 94.6 Å². The van der Waals surface area contributed by atoms with Crippen LogP contribution in [0.25, 0.3) is 21.8 Å². The molecule has 2 N–H and O–H groups in total. The number of para-hydroxylation sites is 1. The molecule has 0 unspecified atom stereocenters. The highest BCUT2D eigenvalue weighted by Crippen LogP contribution is 2.40.